The summed E-state index contributed by atoms with van der Waals surface area (Å²) >= 11 is 0. The van der Waals surface area contributed by atoms with E-state index in [1.807, 2.05) is 18.2 Å². The Morgan fingerprint density at radius 3 is 2.61 bits per heavy atom. The van der Waals surface area contributed by atoms with Gasteiger partial charge in [-0.1, -0.05) is 35.9 Å². The van der Waals surface area contributed by atoms with Gasteiger partial charge in [-0.2, -0.15) is 0 Å². The number of ether oxygens (including phenoxy) is 3. The first kappa shape index (κ1) is 21.5. The van der Waals surface area contributed by atoms with Crippen LogP contribution in [0.5, 0.6) is 11.5 Å². The molecule has 0 atom stereocenters. The highest BCUT2D eigenvalue weighted by molar-refractivity contribution is 5.92. The summed E-state index contributed by atoms with van der Waals surface area (Å²) in [6.45, 7) is 6.44. The van der Waals surface area contributed by atoms with Crippen LogP contribution in [0.3, 0.4) is 0 Å². The van der Waals surface area contributed by atoms with Crippen molar-refractivity contribution < 1.29 is 23.4 Å². The summed E-state index contributed by atoms with van der Waals surface area (Å²) in [5.41, 5.74) is 3.85. The number of oxazole rings is 1. The zero-order chi connectivity index (χ0) is 22.6. The van der Waals surface area contributed by atoms with Crippen molar-refractivity contribution in [2.45, 2.75) is 26.6 Å². The number of carbonyl (C=O) groups is 1. The Bertz CT molecular complexity index is 1120. The Morgan fingerprint density at radius 2 is 1.79 bits per heavy atom. The molecule has 33 heavy (non-hydrogen) atoms. The molecule has 1 amide bonds. The maximum atomic E-state index is 12.7. The highest BCUT2D eigenvalue weighted by Gasteiger charge is 2.23. The van der Waals surface area contributed by atoms with Gasteiger partial charge in [-0.25, -0.2) is 4.98 Å². The van der Waals surface area contributed by atoms with Crippen LogP contribution in [0.15, 0.2) is 53.1 Å². The van der Waals surface area contributed by atoms with Crippen LogP contribution in [0.1, 0.15) is 33.1 Å². The van der Waals surface area contributed by atoms with Gasteiger partial charge in [-0.3, -0.25) is 9.69 Å². The maximum Gasteiger partial charge on any atom is 0.275 e. The zero-order valence-corrected chi connectivity index (χ0v) is 18.7. The average molecular weight is 450 g/mol. The number of morpholine rings is 1. The van der Waals surface area contributed by atoms with E-state index in [1.165, 1.54) is 17.4 Å². The SMILES string of the molecule is Cc1cccc(CN(Cc2ccc3c(c2)OCO3)Cc2nc(C(=O)N3CCOCC3)co2)c1. The predicted molar refractivity (Wildman–Crippen MR) is 120 cm³/mol. The molecule has 1 saturated heterocycles. The fourth-order valence-corrected chi connectivity index (χ4v) is 4.14. The van der Waals surface area contributed by atoms with Gasteiger partial charge in [0, 0.05) is 26.2 Å². The van der Waals surface area contributed by atoms with Crippen molar-refractivity contribution in [3.63, 3.8) is 0 Å². The second kappa shape index (κ2) is 9.64. The van der Waals surface area contributed by atoms with Crippen LogP contribution < -0.4 is 9.47 Å². The molecular weight excluding hydrogens is 422 g/mol. The van der Waals surface area contributed by atoms with Gasteiger partial charge in [0.15, 0.2) is 17.2 Å². The lowest BCUT2D eigenvalue weighted by Gasteiger charge is -2.25. The highest BCUT2D eigenvalue weighted by atomic mass is 16.7. The summed E-state index contributed by atoms with van der Waals surface area (Å²) in [7, 11) is 0. The molecule has 172 valence electrons. The van der Waals surface area contributed by atoms with E-state index in [0.29, 0.717) is 57.5 Å². The minimum atomic E-state index is -0.116. The lowest BCUT2D eigenvalue weighted by molar-refractivity contribution is 0.0299. The summed E-state index contributed by atoms with van der Waals surface area (Å²) in [5, 5.41) is 0. The monoisotopic (exact) mass is 449 g/mol. The molecule has 8 heteroatoms. The molecule has 0 N–H and O–H groups in total. The van der Waals surface area contributed by atoms with E-state index >= 15 is 0 Å². The number of amides is 1. The Balaban J connectivity index is 1.33. The van der Waals surface area contributed by atoms with Crippen LogP contribution in [-0.4, -0.2) is 53.8 Å². The van der Waals surface area contributed by atoms with Gasteiger partial charge in [0.05, 0.1) is 19.8 Å². The van der Waals surface area contributed by atoms with E-state index in [4.69, 9.17) is 18.6 Å². The molecule has 0 saturated carbocycles. The summed E-state index contributed by atoms with van der Waals surface area (Å²) in [5.74, 6) is 1.93. The lowest BCUT2D eigenvalue weighted by atomic mass is 10.1. The van der Waals surface area contributed by atoms with Crippen molar-refractivity contribution in [1.29, 1.82) is 0 Å². The maximum absolute atomic E-state index is 12.7. The summed E-state index contributed by atoms with van der Waals surface area (Å²) in [4.78, 5) is 21.2. The molecule has 1 fully saturated rings. The number of aryl methyl sites for hydroxylation is 1. The van der Waals surface area contributed by atoms with E-state index in [1.54, 1.807) is 4.90 Å². The smallest absolute Gasteiger partial charge is 0.275 e. The largest absolute Gasteiger partial charge is 0.454 e. The molecule has 0 aliphatic carbocycles. The van der Waals surface area contributed by atoms with Crippen LogP contribution in [0.4, 0.5) is 0 Å². The first-order valence-electron chi connectivity index (χ1n) is 11.1. The quantitative estimate of drug-likeness (QED) is 0.547. The summed E-state index contributed by atoms with van der Waals surface area (Å²) < 4.78 is 22.0. The number of carbonyl (C=O) groups excluding carboxylic acids is 1. The number of benzene rings is 2. The highest BCUT2D eigenvalue weighted by Crippen LogP contribution is 2.33. The number of fused-ring (bicyclic) bond motifs is 1. The van der Waals surface area contributed by atoms with Crippen molar-refractivity contribution in [1.82, 2.24) is 14.8 Å². The minimum Gasteiger partial charge on any atom is -0.454 e. The third-order valence-electron chi connectivity index (χ3n) is 5.76. The number of aromatic nitrogens is 1. The molecule has 0 radical (unpaired) electrons. The first-order chi connectivity index (χ1) is 16.1. The minimum absolute atomic E-state index is 0.116. The number of hydrogen-bond acceptors (Lipinski definition) is 7. The molecule has 1 aromatic heterocycles. The Kier molecular flexibility index (Phi) is 6.28. The van der Waals surface area contributed by atoms with Gasteiger partial charge in [-0.05, 0) is 30.2 Å². The van der Waals surface area contributed by atoms with E-state index < -0.39 is 0 Å². The van der Waals surface area contributed by atoms with Crippen LogP contribution in [-0.2, 0) is 24.4 Å². The van der Waals surface area contributed by atoms with Gasteiger partial charge < -0.3 is 23.5 Å². The molecule has 3 aromatic rings. The third kappa shape index (κ3) is 5.18. The molecule has 0 bridgehead atoms. The van der Waals surface area contributed by atoms with Gasteiger partial charge in [-0.15, -0.1) is 0 Å². The average Bonchev–Trinajstić information content (AvgIpc) is 3.48. The molecule has 2 aliphatic heterocycles. The molecule has 2 aliphatic rings. The molecule has 0 spiro atoms. The number of rotatable bonds is 7. The summed E-state index contributed by atoms with van der Waals surface area (Å²) in [6, 6.07) is 14.4. The van der Waals surface area contributed by atoms with Gasteiger partial charge in [0.1, 0.15) is 6.26 Å². The normalized spacial score (nSPS) is 15.3. The number of nitrogens with zero attached hydrogens (tertiary/aromatic N) is 3. The fraction of sp³-hybridized carbons (Fsp3) is 0.360. The van der Waals surface area contributed by atoms with Crippen molar-refractivity contribution in [2.24, 2.45) is 0 Å². The molecular formula is C25H27N3O5. The molecule has 3 heterocycles. The van der Waals surface area contributed by atoms with Crippen molar-refractivity contribution in [2.75, 3.05) is 33.1 Å². The summed E-state index contributed by atoms with van der Waals surface area (Å²) in [6.07, 6.45) is 1.46. The van der Waals surface area contributed by atoms with Crippen molar-refractivity contribution in [3.8, 4) is 11.5 Å². The Hall–Kier alpha value is -3.36. The zero-order valence-electron chi connectivity index (χ0n) is 18.7. The first-order valence-corrected chi connectivity index (χ1v) is 11.1. The van der Waals surface area contributed by atoms with Crippen molar-refractivity contribution >= 4 is 5.91 Å². The second-order valence-electron chi connectivity index (χ2n) is 8.35. The Morgan fingerprint density at radius 1 is 1.00 bits per heavy atom. The van der Waals surface area contributed by atoms with Crippen LogP contribution in [0, 0.1) is 6.92 Å². The van der Waals surface area contributed by atoms with Crippen LogP contribution in [0.2, 0.25) is 0 Å². The number of hydrogen-bond donors (Lipinski definition) is 0. The van der Waals surface area contributed by atoms with Gasteiger partial charge >= 0.3 is 0 Å². The van der Waals surface area contributed by atoms with E-state index in [9.17, 15) is 4.79 Å². The fourth-order valence-electron chi connectivity index (χ4n) is 4.14. The van der Waals surface area contributed by atoms with E-state index in [-0.39, 0.29) is 12.7 Å². The Labute approximate surface area is 192 Å². The van der Waals surface area contributed by atoms with Crippen molar-refractivity contribution in [3.05, 3.63) is 77.0 Å². The predicted octanol–water partition coefficient (Wildman–Crippen LogP) is 3.39. The van der Waals surface area contributed by atoms with Crippen LogP contribution in [0.25, 0.3) is 0 Å². The third-order valence-corrected chi connectivity index (χ3v) is 5.76. The second-order valence-corrected chi connectivity index (χ2v) is 8.35. The van der Waals surface area contributed by atoms with Gasteiger partial charge in [0.25, 0.3) is 5.91 Å². The van der Waals surface area contributed by atoms with Gasteiger partial charge in [0.2, 0.25) is 12.7 Å². The topological polar surface area (TPSA) is 77.3 Å². The molecule has 0 unspecified atom stereocenters. The molecule has 8 nitrogen and oxygen atoms in total. The lowest BCUT2D eigenvalue weighted by Crippen LogP contribution is -2.40. The van der Waals surface area contributed by atoms with E-state index in [2.05, 4.69) is 41.1 Å². The molecule has 2 aromatic carbocycles. The standard InChI is InChI=1S/C25H27N3O5/c1-18-3-2-4-19(11-18)13-27(14-20-5-6-22-23(12-20)33-17-32-22)15-24-26-21(16-31-24)25(29)28-7-9-30-10-8-28/h2-6,11-12,16H,7-10,13-15,17H2,1H3. The van der Waals surface area contributed by atoms with Crippen LogP contribution >= 0.6 is 0 Å². The van der Waals surface area contributed by atoms with E-state index in [0.717, 1.165) is 17.1 Å². The molecule has 5 rings (SSSR count).